The molecule has 0 amide bonds. The van der Waals surface area contributed by atoms with Crippen molar-refractivity contribution in [2.45, 2.75) is 59.0 Å². The van der Waals surface area contributed by atoms with Crippen molar-refractivity contribution in [2.75, 3.05) is 0 Å². The zero-order chi connectivity index (χ0) is 11.6. The van der Waals surface area contributed by atoms with Crippen LogP contribution in [0.3, 0.4) is 0 Å². The highest BCUT2D eigenvalue weighted by atomic mass is 32.1. The molecule has 0 unspecified atom stereocenters. The quantitative estimate of drug-likeness (QED) is 0.871. The van der Waals surface area contributed by atoms with Gasteiger partial charge in [0, 0.05) is 23.7 Å². The molecule has 0 saturated heterocycles. The highest BCUT2D eigenvalue weighted by molar-refractivity contribution is 7.09. The maximum absolute atomic E-state index is 4.48. The first-order valence-corrected chi connectivity index (χ1v) is 7.07. The predicted molar refractivity (Wildman–Crippen MR) is 69.7 cm³/mol. The van der Waals surface area contributed by atoms with E-state index >= 15 is 0 Å². The second-order valence-corrected chi connectivity index (χ2v) is 6.64. The van der Waals surface area contributed by atoms with E-state index in [0.717, 1.165) is 12.2 Å². The largest absolute Gasteiger partial charge is 0.308 e. The first kappa shape index (κ1) is 12.1. The van der Waals surface area contributed by atoms with Gasteiger partial charge in [0.1, 0.15) is 5.01 Å². The van der Waals surface area contributed by atoms with Crippen molar-refractivity contribution in [3.8, 4) is 0 Å². The van der Waals surface area contributed by atoms with Crippen molar-refractivity contribution < 1.29 is 0 Å². The van der Waals surface area contributed by atoms with Gasteiger partial charge in [-0.2, -0.15) is 0 Å². The molecule has 0 spiro atoms. The van der Waals surface area contributed by atoms with Gasteiger partial charge in [0.15, 0.2) is 0 Å². The molecule has 0 bridgehead atoms. The second kappa shape index (κ2) is 4.84. The number of hydrogen-bond acceptors (Lipinski definition) is 3. The molecular formula is C13H22N2S. The monoisotopic (exact) mass is 238 g/mol. The van der Waals surface area contributed by atoms with Gasteiger partial charge in [0.25, 0.3) is 0 Å². The molecule has 0 aromatic carbocycles. The smallest absolute Gasteiger partial charge is 0.107 e. The van der Waals surface area contributed by atoms with Crippen LogP contribution in [0.4, 0.5) is 0 Å². The predicted octanol–water partition coefficient (Wildman–Crippen LogP) is 3.51. The topological polar surface area (TPSA) is 24.9 Å². The van der Waals surface area contributed by atoms with E-state index in [9.17, 15) is 0 Å². The van der Waals surface area contributed by atoms with E-state index < -0.39 is 0 Å². The molecule has 1 aromatic heterocycles. The van der Waals surface area contributed by atoms with E-state index in [1.165, 1.54) is 30.7 Å². The Balaban J connectivity index is 1.75. The number of aromatic nitrogens is 1. The Hall–Kier alpha value is -0.410. The summed E-state index contributed by atoms with van der Waals surface area (Å²) in [6.07, 6.45) is 5.33. The highest BCUT2D eigenvalue weighted by Gasteiger charge is 2.26. The number of hydrogen-bond donors (Lipinski definition) is 1. The number of nitrogens with one attached hydrogen (secondary N) is 1. The van der Waals surface area contributed by atoms with Crippen LogP contribution in [0.5, 0.6) is 0 Å². The minimum Gasteiger partial charge on any atom is -0.308 e. The summed E-state index contributed by atoms with van der Waals surface area (Å²) < 4.78 is 0. The third-order valence-electron chi connectivity index (χ3n) is 3.55. The van der Waals surface area contributed by atoms with Gasteiger partial charge >= 0.3 is 0 Å². The Morgan fingerprint density at radius 1 is 1.44 bits per heavy atom. The van der Waals surface area contributed by atoms with E-state index in [4.69, 9.17) is 0 Å². The van der Waals surface area contributed by atoms with Gasteiger partial charge in [-0.25, -0.2) is 4.98 Å². The van der Waals surface area contributed by atoms with E-state index in [2.05, 4.69) is 36.5 Å². The van der Waals surface area contributed by atoms with E-state index in [-0.39, 0.29) is 0 Å². The van der Waals surface area contributed by atoms with E-state index in [0.29, 0.717) is 11.5 Å². The Kier molecular flexibility index (Phi) is 3.65. The lowest BCUT2D eigenvalue weighted by Crippen LogP contribution is -2.35. The summed E-state index contributed by atoms with van der Waals surface area (Å²) in [5.41, 5.74) is 1.71. The molecular weight excluding hydrogens is 216 g/mol. The lowest BCUT2D eigenvalue weighted by atomic mass is 9.75. The van der Waals surface area contributed by atoms with Gasteiger partial charge in [-0.05, 0) is 38.0 Å². The zero-order valence-electron chi connectivity index (χ0n) is 10.5. The zero-order valence-corrected chi connectivity index (χ0v) is 11.4. The van der Waals surface area contributed by atoms with Gasteiger partial charge in [-0.1, -0.05) is 13.8 Å². The molecule has 1 heterocycles. The van der Waals surface area contributed by atoms with Crippen LogP contribution < -0.4 is 5.32 Å². The van der Waals surface area contributed by atoms with Gasteiger partial charge in [-0.3, -0.25) is 0 Å². The number of nitrogens with zero attached hydrogens (tertiary/aromatic N) is 1. The van der Waals surface area contributed by atoms with Gasteiger partial charge in [0.2, 0.25) is 0 Å². The van der Waals surface area contributed by atoms with Crippen molar-refractivity contribution in [2.24, 2.45) is 5.41 Å². The number of thiazole rings is 1. The summed E-state index contributed by atoms with van der Waals surface area (Å²) in [5, 5.41) is 6.99. The van der Waals surface area contributed by atoms with Crippen LogP contribution in [0, 0.1) is 12.3 Å². The molecule has 0 aliphatic heterocycles. The summed E-state index contributed by atoms with van der Waals surface area (Å²) in [5.74, 6) is 0. The Bertz CT molecular complexity index is 333. The summed E-state index contributed by atoms with van der Waals surface area (Å²) in [6.45, 7) is 7.77. The SMILES string of the molecule is Cc1csc(CNC2CCC(C)(C)CC2)n1. The normalized spacial score (nSPS) is 21.2. The average Bonchev–Trinajstić information content (AvgIpc) is 2.63. The molecule has 2 rings (SSSR count). The molecule has 1 aliphatic carbocycles. The molecule has 3 heteroatoms. The third-order valence-corrected chi connectivity index (χ3v) is 4.51. The second-order valence-electron chi connectivity index (χ2n) is 5.70. The maximum atomic E-state index is 4.48. The van der Waals surface area contributed by atoms with E-state index in [1.54, 1.807) is 11.3 Å². The highest BCUT2D eigenvalue weighted by Crippen LogP contribution is 2.35. The fourth-order valence-corrected chi connectivity index (χ4v) is 3.04. The summed E-state index contributed by atoms with van der Waals surface area (Å²) in [6, 6.07) is 0.706. The van der Waals surface area contributed by atoms with Crippen LogP contribution in [0.1, 0.15) is 50.2 Å². The van der Waals surface area contributed by atoms with Crippen LogP contribution in [-0.4, -0.2) is 11.0 Å². The van der Waals surface area contributed by atoms with Gasteiger partial charge < -0.3 is 5.32 Å². The van der Waals surface area contributed by atoms with Crippen molar-refractivity contribution in [3.63, 3.8) is 0 Å². The number of rotatable bonds is 3. The van der Waals surface area contributed by atoms with Crippen molar-refractivity contribution in [3.05, 3.63) is 16.1 Å². The van der Waals surface area contributed by atoms with Gasteiger partial charge in [0.05, 0.1) is 0 Å². The van der Waals surface area contributed by atoms with Crippen LogP contribution in [0.15, 0.2) is 5.38 Å². The van der Waals surface area contributed by atoms with Crippen LogP contribution in [-0.2, 0) is 6.54 Å². The Labute approximate surface area is 102 Å². The minimum absolute atomic E-state index is 0.565. The van der Waals surface area contributed by atoms with Crippen LogP contribution in [0.2, 0.25) is 0 Å². The molecule has 1 aromatic rings. The molecule has 0 radical (unpaired) electrons. The van der Waals surface area contributed by atoms with Crippen LogP contribution in [0.25, 0.3) is 0 Å². The average molecular weight is 238 g/mol. The first-order valence-electron chi connectivity index (χ1n) is 6.20. The lowest BCUT2D eigenvalue weighted by Gasteiger charge is -2.34. The van der Waals surface area contributed by atoms with Crippen molar-refractivity contribution in [1.82, 2.24) is 10.3 Å². The van der Waals surface area contributed by atoms with Crippen molar-refractivity contribution in [1.29, 1.82) is 0 Å². The molecule has 1 N–H and O–H groups in total. The van der Waals surface area contributed by atoms with Crippen molar-refractivity contribution >= 4 is 11.3 Å². The minimum atomic E-state index is 0.565. The molecule has 0 atom stereocenters. The standard InChI is InChI=1S/C13H22N2S/c1-10-9-16-12(15-10)8-14-11-4-6-13(2,3)7-5-11/h9,11,14H,4-8H2,1-3H3. The third kappa shape index (κ3) is 3.29. The van der Waals surface area contributed by atoms with E-state index in [1.807, 2.05) is 0 Å². The molecule has 2 nitrogen and oxygen atoms in total. The van der Waals surface area contributed by atoms with Crippen LogP contribution >= 0.6 is 11.3 Å². The fraction of sp³-hybridized carbons (Fsp3) is 0.769. The molecule has 90 valence electrons. The van der Waals surface area contributed by atoms with Gasteiger partial charge in [-0.15, -0.1) is 11.3 Å². The molecule has 1 saturated carbocycles. The summed E-state index contributed by atoms with van der Waals surface area (Å²) in [4.78, 5) is 4.48. The lowest BCUT2D eigenvalue weighted by molar-refractivity contribution is 0.206. The Morgan fingerprint density at radius 3 is 2.69 bits per heavy atom. The summed E-state index contributed by atoms with van der Waals surface area (Å²) >= 11 is 1.76. The molecule has 1 aliphatic rings. The number of aryl methyl sites for hydroxylation is 1. The maximum Gasteiger partial charge on any atom is 0.107 e. The first-order chi connectivity index (χ1) is 7.55. The Morgan fingerprint density at radius 2 is 2.12 bits per heavy atom. The molecule has 16 heavy (non-hydrogen) atoms. The summed E-state index contributed by atoms with van der Waals surface area (Å²) in [7, 11) is 0. The molecule has 1 fully saturated rings. The fourth-order valence-electron chi connectivity index (χ4n) is 2.32.